The summed E-state index contributed by atoms with van der Waals surface area (Å²) >= 11 is 0. The number of hydrogen-bond acceptors (Lipinski definition) is 3. The van der Waals surface area contributed by atoms with Gasteiger partial charge in [0.05, 0.1) is 6.61 Å². The van der Waals surface area contributed by atoms with Crippen LogP contribution in [0.5, 0.6) is 5.75 Å². The van der Waals surface area contributed by atoms with Crippen molar-refractivity contribution in [2.45, 2.75) is 25.7 Å². The molecule has 0 atom stereocenters. The number of ether oxygens (including phenoxy) is 1. The number of benzene rings is 1. The zero-order chi connectivity index (χ0) is 12.5. The summed E-state index contributed by atoms with van der Waals surface area (Å²) in [4.78, 5) is 0. The highest BCUT2D eigenvalue weighted by Crippen LogP contribution is 2.20. The number of unbranched alkanes of at least 4 members (excludes halogenated alkanes) is 3. The fourth-order valence-corrected chi connectivity index (χ4v) is 1.48. The van der Waals surface area contributed by atoms with Crippen molar-refractivity contribution in [2.75, 3.05) is 13.2 Å². The Morgan fingerprint density at radius 1 is 1.24 bits per heavy atom. The third-order valence-electron chi connectivity index (χ3n) is 2.40. The van der Waals surface area contributed by atoms with Gasteiger partial charge in [-0.2, -0.15) is 5.26 Å². The van der Waals surface area contributed by atoms with Gasteiger partial charge >= 0.3 is 0 Å². The number of aliphatic hydroxyl groups is 1. The quantitative estimate of drug-likeness (QED) is 0.742. The van der Waals surface area contributed by atoms with Crippen molar-refractivity contribution in [3.05, 3.63) is 29.6 Å². The van der Waals surface area contributed by atoms with Gasteiger partial charge in [-0.15, -0.1) is 0 Å². The van der Waals surface area contributed by atoms with Crippen LogP contribution in [0, 0.1) is 17.1 Å². The standard InChI is InChI=1S/C13H16FNO2/c14-12-6-5-7-13(11(12)10-15)17-9-4-2-1-3-8-16/h5-7,16H,1-4,8-9H2. The molecule has 17 heavy (non-hydrogen) atoms. The molecule has 0 saturated carbocycles. The molecule has 0 aliphatic carbocycles. The zero-order valence-corrected chi connectivity index (χ0v) is 9.66. The maximum Gasteiger partial charge on any atom is 0.144 e. The lowest BCUT2D eigenvalue weighted by Gasteiger charge is -2.07. The molecule has 1 rings (SSSR count). The molecule has 3 nitrogen and oxygen atoms in total. The number of nitriles is 1. The highest BCUT2D eigenvalue weighted by atomic mass is 19.1. The average molecular weight is 237 g/mol. The van der Waals surface area contributed by atoms with Crippen LogP contribution < -0.4 is 4.74 Å². The van der Waals surface area contributed by atoms with E-state index in [0.717, 1.165) is 25.7 Å². The predicted molar refractivity (Wildman–Crippen MR) is 62.2 cm³/mol. The van der Waals surface area contributed by atoms with E-state index in [2.05, 4.69) is 0 Å². The average Bonchev–Trinajstić information content (AvgIpc) is 2.34. The first-order valence-electron chi connectivity index (χ1n) is 5.72. The molecule has 0 heterocycles. The van der Waals surface area contributed by atoms with E-state index in [4.69, 9.17) is 15.1 Å². The van der Waals surface area contributed by atoms with Gasteiger partial charge in [-0.05, 0) is 31.4 Å². The lowest BCUT2D eigenvalue weighted by atomic mass is 10.2. The van der Waals surface area contributed by atoms with Gasteiger partial charge in [-0.3, -0.25) is 0 Å². The molecular weight excluding hydrogens is 221 g/mol. The van der Waals surface area contributed by atoms with Gasteiger partial charge in [0.1, 0.15) is 23.2 Å². The molecule has 1 N–H and O–H groups in total. The fraction of sp³-hybridized carbons (Fsp3) is 0.462. The summed E-state index contributed by atoms with van der Waals surface area (Å²) < 4.78 is 18.6. The van der Waals surface area contributed by atoms with Crippen molar-refractivity contribution in [3.63, 3.8) is 0 Å². The molecule has 0 fully saturated rings. The van der Waals surface area contributed by atoms with Crippen LogP contribution in [0.15, 0.2) is 18.2 Å². The molecule has 0 aliphatic heterocycles. The molecule has 0 saturated heterocycles. The van der Waals surface area contributed by atoms with Crippen molar-refractivity contribution in [1.82, 2.24) is 0 Å². The summed E-state index contributed by atoms with van der Waals surface area (Å²) in [6, 6.07) is 6.15. The maximum atomic E-state index is 13.2. The molecule has 4 heteroatoms. The van der Waals surface area contributed by atoms with E-state index in [0.29, 0.717) is 12.4 Å². The molecule has 0 spiro atoms. The second kappa shape index (κ2) is 7.64. The Morgan fingerprint density at radius 2 is 2.00 bits per heavy atom. The normalized spacial score (nSPS) is 9.94. The Hall–Kier alpha value is -1.60. The Kier molecular flexibility index (Phi) is 6.05. The third kappa shape index (κ3) is 4.41. The van der Waals surface area contributed by atoms with Crippen LogP contribution in [-0.4, -0.2) is 18.3 Å². The third-order valence-corrected chi connectivity index (χ3v) is 2.40. The second-order valence-corrected chi connectivity index (χ2v) is 3.71. The van der Waals surface area contributed by atoms with E-state index in [-0.39, 0.29) is 12.2 Å². The van der Waals surface area contributed by atoms with Gasteiger partial charge in [0.15, 0.2) is 0 Å². The highest BCUT2D eigenvalue weighted by molar-refractivity contribution is 5.43. The van der Waals surface area contributed by atoms with Crippen LogP contribution in [0.2, 0.25) is 0 Å². The Morgan fingerprint density at radius 3 is 2.71 bits per heavy atom. The van der Waals surface area contributed by atoms with Gasteiger partial charge in [0.25, 0.3) is 0 Å². The van der Waals surface area contributed by atoms with Crippen molar-refractivity contribution >= 4 is 0 Å². The van der Waals surface area contributed by atoms with Crippen LogP contribution in [0.25, 0.3) is 0 Å². The van der Waals surface area contributed by atoms with E-state index in [1.54, 1.807) is 12.1 Å². The number of aliphatic hydroxyl groups excluding tert-OH is 1. The molecule has 0 aromatic heterocycles. The fourth-order valence-electron chi connectivity index (χ4n) is 1.48. The summed E-state index contributed by atoms with van der Waals surface area (Å²) in [5.41, 5.74) is -0.0390. The molecule has 0 amide bonds. The van der Waals surface area contributed by atoms with E-state index in [9.17, 15) is 4.39 Å². The molecule has 92 valence electrons. The first-order chi connectivity index (χ1) is 8.29. The van der Waals surface area contributed by atoms with Crippen molar-refractivity contribution < 1.29 is 14.2 Å². The molecule has 0 aliphatic rings. The van der Waals surface area contributed by atoms with E-state index < -0.39 is 5.82 Å². The van der Waals surface area contributed by atoms with Crippen LogP contribution in [0.4, 0.5) is 4.39 Å². The van der Waals surface area contributed by atoms with Crippen LogP contribution in [0.1, 0.15) is 31.2 Å². The van der Waals surface area contributed by atoms with Crippen molar-refractivity contribution in [2.24, 2.45) is 0 Å². The Bertz CT molecular complexity index is 387. The van der Waals surface area contributed by atoms with E-state index in [1.165, 1.54) is 12.1 Å². The molecule has 1 aromatic rings. The summed E-state index contributed by atoms with van der Waals surface area (Å²) in [5.74, 6) is -0.250. The smallest absolute Gasteiger partial charge is 0.144 e. The lowest BCUT2D eigenvalue weighted by molar-refractivity contribution is 0.273. The van der Waals surface area contributed by atoms with Crippen molar-refractivity contribution in [1.29, 1.82) is 5.26 Å². The van der Waals surface area contributed by atoms with Gasteiger partial charge in [0.2, 0.25) is 0 Å². The SMILES string of the molecule is N#Cc1c(F)cccc1OCCCCCCO. The number of nitrogens with zero attached hydrogens (tertiary/aromatic N) is 1. The minimum absolute atomic E-state index is 0.0390. The van der Waals surface area contributed by atoms with Gasteiger partial charge < -0.3 is 9.84 Å². The minimum Gasteiger partial charge on any atom is -0.492 e. The largest absolute Gasteiger partial charge is 0.492 e. The van der Waals surface area contributed by atoms with E-state index >= 15 is 0 Å². The van der Waals surface area contributed by atoms with Crippen LogP contribution in [0.3, 0.4) is 0 Å². The zero-order valence-electron chi connectivity index (χ0n) is 9.66. The monoisotopic (exact) mass is 237 g/mol. The summed E-state index contributed by atoms with van der Waals surface area (Å²) in [6.45, 7) is 0.674. The van der Waals surface area contributed by atoms with Crippen LogP contribution in [-0.2, 0) is 0 Å². The van der Waals surface area contributed by atoms with Crippen molar-refractivity contribution in [3.8, 4) is 11.8 Å². The van der Waals surface area contributed by atoms with Gasteiger partial charge in [0, 0.05) is 6.61 Å². The van der Waals surface area contributed by atoms with Crippen LogP contribution >= 0.6 is 0 Å². The summed E-state index contributed by atoms with van der Waals surface area (Å²) in [6.07, 6.45) is 3.54. The number of hydrogen-bond donors (Lipinski definition) is 1. The second-order valence-electron chi connectivity index (χ2n) is 3.71. The molecule has 1 aromatic carbocycles. The Balaban J connectivity index is 2.37. The molecule has 0 radical (unpaired) electrons. The minimum atomic E-state index is -0.551. The first kappa shape index (κ1) is 13.5. The molecule has 0 unspecified atom stereocenters. The Labute approximate surface area is 100 Å². The van der Waals surface area contributed by atoms with Gasteiger partial charge in [-0.1, -0.05) is 12.5 Å². The lowest BCUT2D eigenvalue weighted by Crippen LogP contribution is -2.00. The molecular formula is C13H16FNO2. The predicted octanol–water partition coefficient (Wildman–Crippen LogP) is 2.63. The summed E-state index contributed by atoms with van der Waals surface area (Å²) in [7, 11) is 0. The number of halogens is 1. The van der Waals surface area contributed by atoms with Gasteiger partial charge in [-0.25, -0.2) is 4.39 Å². The molecule has 0 bridgehead atoms. The summed E-state index contributed by atoms with van der Waals surface area (Å²) in [5, 5.41) is 17.4. The highest BCUT2D eigenvalue weighted by Gasteiger charge is 2.08. The topological polar surface area (TPSA) is 53.2 Å². The maximum absolute atomic E-state index is 13.2. The number of rotatable bonds is 7. The first-order valence-corrected chi connectivity index (χ1v) is 5.72. The van der Waals surface area contributed by atoms with E-state index in [1.807, 2.05) is 0 Å².